The van der Waals surface area contributed by atoms with Gasteiger partial charge >= 0.3 is 5.97 Å². The number of halogens is 3. The lowest BCUT2D eigenvalue weighted by Crippen LogP contribution is -2.46. The molecule has 2 aromatic heterocycles. The number of rotatable bonds is 7. The first kappa shape index (κ1) is 22.9. The first-order valence-electron chi connectivity index (χ1n) is 8.00. The van der Waals surface area contributed by atoms with E-state index in [1.54, 1.807) is 0 Å². The number of hydrogen-bond acceptors (Lipinski definition) is 8. The third-order valence-corrected chi connectivity index (χ3v) is 3.72. The monoisotopic (exact) mass is 457 g/mol. The van der Waals surface area contributed by atoms with Gasteiger partial charge in [-0.05, 0) is 35.5 Å². The van der Waals surface area contributed by atoms with Crippen LogP contribution in [-0.4, -0.2) is 54.8 Å². The molecule has 0 aliphatic carbocycles. The number of carbonyl (C=O) groups is 2. The number of pyridine rings is 1. The molecule has 0 fully saturated rings. The maximum Gasteiger partial charge on any atom is 0.327 e. The third-order valence-electron chi connectivity index (χ3n) is 3.51. The summed E-state index contributed by atoms with van der Waals surface area (Å²) in [4.78, 5) is 27.7. The summed E-state index contributed by atoms with van der Waals surface area (Å²) in [6, 6.07) is 5.88. The van der Waals surface area contributed by atoms with Crippen molar-refractivity contribution in [3.63, 3.8) is 0 Å². The topological polar surface area (TPSA) is 158 Å². The van der Waals surface area contributed by atoms with E-state index >= 15 is 0 Å². The Morgan fingerprint density at radius 2 is 2.03 bits per heavy atom. The molecule has 2 heterocycles. The zero-order valence-electron chi connectivity index (χ0n) is 14.9. The molecule has 0 radical (unpaired) electrons. The Balaban J connectivity index is 0.00000320. The summed E-state index contributed by atoms with van der Waals surface area (Å²) in [5.74, 6) is -3.13. The van der Waals surface area contributed by atoms with Gasteiger partial charge in [0, 0.05) is 12.7 Å². The highest BCUT2D eigenvalue weighted by molar-refractivity contribution is 6.30. The van der Waals surface area contributed by atoms with E-state index in [0.29, 0.717) is 5.69 Å². The van der Waals surface area contributed by atoms with E-state index in [1.807, 2.05) is 0 Å². The number of tetrazole rings is 1. The van der Waals surface area contributed by atoms with Crippen LogP contribution in [0.2, 0.25) is 5.02 Å². The number of hydrogen-bond donors (Lipinski definition) is 3. The fourth-order valence-electron chi connectivity index (χ4n) is 2.10. The predicted octanol–water partition coefficient (Wildman–Crippen LogP) is 1.21. The molecule has 0 saturated heterocycles. The van der Waals surface area contributed by atoms with Gasteiger partial charge in [-0.15, -0.1) is 27.4 Å². The molecular formula is C16H14Cl2FN7O4. The number of carboxylic acid groups (broad SMARTS) is 1. The van der Waals surface area contributed by atoms with Crippen LogP contribution in [0.1, 0.15) is 10.6 Å². The smallest absolute Gasteiger partial charge is 0.327 e. The van der Waals surface area contributed by atoms with Crippen LogP contribution in [0, 0.1) is 5.82 Å². The molecule has 30 heavy (non-hydrogen) atoms. The van der Waals surface area contributed by atoms with Crippen LogP contribution in [0.4, 0.5) is 4.39 Å². The second kappa shape index (κ2) is 9.91. The Kier molecular flexibility index (Phi) is 7.58. The molecule has 3 rings (SSSR count). The Bertz CT molecular complexity index is 1050. The van der Waals surface area contributed by atoms with Crippen molar-refractivity contribution in [1.29, 1.82) is 0 Å². The van der Waals surface area contributed by atoms with Crippen LogP contribution in [0.15, 0.2) is 36.5 Å². The number of ether oxygens (including phenoxy) is 1. The van der Waals surface area contributed by atoms with E-state index in [-0.39, 0.29) is 41.4 Å². The standard InChI is InChI=1S/C16H13ClFN7O4.ClH/c17-8-5-11(18)15(20-7-8)29-10-3-1-9(2-4-10)25-23-13(22-24-25)14(26)21-12(6-19)16(27)28;/h1-5,7,12H,6,19H2,(H,21,26)(H,27,28);1H. The highest BCUT2D eigenvalue weighted by Crippen LogP contribution is 2.24. The first-order valence-corrected chi connectivity index (χ1v) is 8.38. The van der Waals surface area contributed by atoms with Crippen LogP contribution in [0.5, 0.6) is 11.6 Å². The molecule has 1 amide bonds. The van der Waals surface area contributed by atoms with E-state index in [1.165, 1.54) is 30.5 Å². The fraction of sp³-hybridized carbons (Fsp3) is 0.125. The minimum absolute atomic E-state index is 0. The SMILES string of the molecule is Cl.NCC(NC(=O)c1nnn(-c2ccc(Oc3ncc(Cl)cc3F)cc2)n1)C(=O)O. The van der Waals surface area contributed by atoms with Gasteiger partial charge in [-0.1, -0.05) is 11.6 Å². The third kappa shape index (κ3) is 5.37. The van der Waals surface area contributed by atoms with Gasteiger partial charge in [-0.3, -0.25) is 4.79 Å². The summed E-state index contributed by atoms with van der Waals surface area (Å²) >= 11 is 5.64. The van der Waals surface area contributed by atoms with Crippen LogP contribution >= 0.6 is 24.0 Å². The highest BCUT2D eigenvalue weighted by atomic mass is 35.5. The van der Waals surface area contributed by atoms with Crippen molar-refractivity contribution in [1.82, 2.24) is 30.5 Å². The number of nitrogens with zero attached hydrogens (tertiary/aromatic N) is 5. The lowest BCUT2D eigenvalue weighted by atomic mass is 10.3. The van der Waals surface area contributed by atoms with Crippen molar-refractivity contribution in [3.8, 4) is 17.3 Å². The molecule has 14 heteroatoms. The maximum absolute atomic E-state index is 13.7. The molecule has 4 N–H and O–H groups in total. The van der Waals surface area contributed by atoms with E-state index < -0.39 is 23.7 Å². The second-order valence-corrected chi connectivity index (χ2v) is 5.98. The van der Waals surface area contributed by atoms with E-state index in [2.05, 4.69) is 25.7 Å². The van der Waals surface area contributed by atoms with Crippen LogP contribution in [0.3, 0.4) is 0 Å². The van der Waals surface area contributed by atoms with Gasteiger partial charge < -0.3 is 20.9 Å². The minimum atomic E-state index is -1.28. The van der Waals surface area contributed by atoms with Gasteiger partial charge in [0.2, 0.25) is 0 Å². The Morgan fingerprint density at radius 1 is 1.33 bits per heavy atom. The number of carbonyl (C=O) groups excluding carboxylic acids is 1. The molecule has 0 bridgehead atoms. The van der Waals surface area contributed by atoms with Crippen molar-refractivity contribution >= 4 is 35.9 Å². The molecule has 1 atom stereocenters. The number of aromatic nitrogens is 5. The molecule has 158 valence electrons. The number of aliphatic carboxylic acids is 1. The van der Waals surface area contributed by atoms with Crippen molar-refractivity contribution in [2.45, 2.75) is 6.04 Å². The van der Waals surface area contributed by atoms with Crippen molar-refractivity contribution in [3.05, 3.63) is 53.2 Å². The summed E-state index contributed by atoms with van der Waals surface area (Å²) < 4.78 is 19.1. The molecule has 11 nitrogen and oxygen atoms in total. The van der Waals surface area contributed by atoms with Crippen LogP contribution < -0.4 is 15.8 Å². The number of nitrogens with two attached hydrogens (primary N) is 1. The average Bonchev–Trinajstić information content (AvgIpc) is 3.19. The molecule has 1 unspecified atom stereocenters. The average molecular weight is 458 g/mol. The van der Waals surface area contributed by atoms with Crippen molar-refractivity contribution in [2.24, 2.45) is 5.73 Å². The Morgan fingerprint density at radius 3 is 2.63 bits per heavy atom. The summed E-state index contributed by atoms with van der Waals surface area (Å²) in [7, 11) is 0. The number of carboxylic acids is 1. The molecule has 3 aromatic rings. The molecule has 0 spiro atoms. The highest BCUT2D eigenvalue weighted by Gasteiger charge is 2.22. The van der Waals surface area contributed by atoms with Gasteiger partial charge in [-0.25, -0.2) is 14.2 Å². The lowest BCUT2D eigenvalue weighted by molar-refractivity contribution is -0.138. The maximum atomic E-state index is 13.7. The number of nitrogens with one attached hydrogen (secondary N) is 1. The fourth-order valence-corrected chi connectivity index (χ4v) is 2.24. The summed E-state index contributed by atoms with van der Waals surface area (Å²) in [6.45, 7) is -0.292. The minimum Gasteiger partial charge on any atom is -0.480 e. The zero-order valence-corrected chi connectivity index (χ0v) is 16.5. The van der Waals surface area contributed by atoms with E-state index in [4.69, 9.17) is 27.2 Å². The van der Waals surface area contributed by atoms with Gasteiger partial charge in [0.25, 0.3) is 17.6 Å². The summed E-state index contributed by atoms with van der Waals surface area (Å²) in [5.41, 5.74) is 5.70. The number of benzene rings is 1. The molecule has 0 saturated carbocycles. The summed E-state index contributed by atoms with van der Waals surface area (Å²) in [5, 5.41) is 22.4. The molecule has 1 aromatic carbocycles. The Hall–Kier alpha value is -3.35. The first-order chi connectivity index (χ1) is 13.9. The van der Waals surface area contributed by atoms with Crippen LogP contribution in [0.25, 0.3) is 5.69 Å². The second-order valence-electron chi connectivity index (χ2n) is 5.54. The zero-order chi connectivity index (χ0) is 21.0. The lowest BCUT2D eigenvalue weighted by Gasteiger charge is -2.09. The Labute approximate surface area is 179 Å². The van der Waals surface area contributed by atoms with Crippen molar-refractivity contribution < 1.29 is 23.8 Å². The quantitative estimate of drug-likeness (QED) is 0.473. The normalized spacial score (nSPS) is 11.3. The summed E-state index contributed by atoms with van der Waals surface area (Å²) in [6.07, 6.45) is 1.25. The van der Waals surface area contributed by atoms with E-state index in [9.17, 15) is 14.0 Å². The van der Waals surface area contributed by atoms with Crippen molar-refractivity contribution in [2.75, 3.05) is 6.54 Å². The molecule has 0 aliphatic rings. The predicted molar refractivity (Wildman–Crippen MR) is 104 cm³/mol. The van der Waals surface area contributed by atoms with E-state index in [0.717, 1.165) is 10.9 Å². The van der Waals surface area contributed by atoms with Gasteiger partial charge in [0.1, 0.15) is 11.8 Å². The van der Waals surface area contributed by atoms with Gasteiger partial charge in [-0.2, -0.15) is 0 Å². The number of amides is 1. The molecular weight excluding hydrogens is 444 g/mol. The van der Waals surface area contributed by atoms with Gasteiger partial charge in [0.15, 0.2) is 5.82 Å². The molecule has 0 aliphatic heterocycles. The largest absolute Gasteiger partial charge is 0.480 e. The van der Waals surface area contributed by atoms with Gasteiger partial charge in [0.05, 0.1) is 10.7 Å². The van der Waals surface area contributed by atoms with Crippen LogP contribution in [-0.2, 0) is 4.79 Å².